The van der Waals surface area contributed by atoms with Gasteiger partial charge in [0.15, 0.2) is 12.3 Å². The largest absolute Gasteiger partial charge is 0.400 e. The Hall–Kier alpha value is -3.13. The lowest BCUT2D eigenvalue weighted by Crippen LogP contribution is -2.44. The number of hydrogen-bond donors (Lipinski definition) is 2. The molecular weight excluding hydrogens is 565 g/mol. The monoisotopic (exact) mass is 601 g/mol. The number of benzene rings is 1. The van der Waals surface area contributed by atoms with Crippen LogP contribution in [0.25, 0.3) is 21.1 Å². The predicted molar refractivity (Wildman–Crippen MR) is 162 cm³/mol. The number of carbonyl (C=O) groups excluding carboxylic acids is 2. The summed E-state index contributed by atoms with van der Waals surface area (Å²) in [4.78, 5) is 37.2. The smallest absolute Gasteiger partial charge is 0.314 e. The molecule has 6 rings (SSSR count). The average molecular weight is 602 g/mol. The number of pyridine rings is 1. The molecule has 0 aliphatic carbocycles. The summed E-state index contributed by atoms with van der Waals surface area (Å²) < 4.78 is 15.3. The number of piperidine rings is 2. The van der Waals surface area contributed by atoms with E-state index >= 15 is 0 Å². The van der Waals surface area contributed by atoms with Crippen LogP contribution >= 0.6 is 23.7 Å². The van der Waals surface area contributed by atoms with E-state index < -0.39 is 11.8 Å². The summed E-state index contributed by atoms with van der Waals surface area (Å²) in [7, 11) is 3.20. The number of aromatic nitrogens is 4. The Morgan fingerprint density at radius 1 is 1.10 bits per heavy atom. The average Bonchev–Trinajstić information content (AvgIpc) is 3.63. The molecule has 220 valence electrons. The Kier molecular flexibility index (Phi) is 11.0. The van der Waals surface area contributed by atoms with Gasteiger partial charge in [0.05, 0.1) is 33.3 Å². The lowest BCUT2D eigenvalue weighted by molar-refractivity contribution is -0.144. The minimum Gasteiger partial charge on any atom is -0.400 e. The van der Waals surface area contributed by atoms with Crippen LogP contribution in [0.3, 0.4) is 0 Å². The molecule has 1 aromatic carbocycles. The van der Waals surface area contributed by atoms with Crippen molar-refractivity contribution in [1.82, 2.24) is 29.0 Å². The fourth-order valence-corrected chi connectivity index (χ4v) is 6.60. The van der Waals surface area contributed by atoms with Crippen LogP contribution in [-0.4, -0.2) is 86.2 Å². The standard InChI is InChI=1S/C14H16FN5O2S.C13H16N2S.CH4O/c1-9-3-2-4-19(8-9)14(22)13(21)18-11-7-16-5-10-6-17-20(23-15)12(10)11;1-15-8-6-10(7-9-15)13-14-11-4-2-3-5-12(11)16-13;1-2/h5-7,9H,2-4,8H2,1H3,(H,18,21);2-5,10H,6-9H2,1H3;2H,1H3. The van der Waals surface area contributed by atoms with E-state index in [2.05, 4.69) is 58.5 Å². The molecule has 2 N–H and O–H groups in total. The van der Waals surface area contributed by atoms with E-state index in [1.54, 1.807) is 4.90 Å². The summed E-state index contributed by atoms with van der Waals surface area (Å²) >= 11 is 1.79. The van der Waals surface area contributed by atoms with E-state index in [9.17, 15) is 13.5 Å². The normalized spacial score (nSPS) is 17.9. The maximum atomic E-state index is 12.9. The molecule has 0 spiro atoms. The van der Waals surface area contributed by atoms with Gasteiger partial charge in [-0.25, -0.2) is 4.98 Å². The number of thiazole rings is 1. The molecule has 1 unspecified atom stereocenters. The van der Waals surface area contributed by atoms with Gasteiger partial charge in [-0.2, -0.15) is 9.19 Å². The van der Waals surface area contributed by atoms with Crippen LogP contribution in [0.5, 0.6) is 0 Å². The van der Waals surface area contributed by atoms with Crippen molar-refractivity contribution in [2.75, 3.05) is 45.7 Å². The van der Waals surface area contributed by atoms with Crippen LogP contribution in [0.15, 0.2) is 42.9 Å². The second-order valence-corrected chi connectivity index (χ2v) is 11.8. The molecule has 2 fully saturated rings. The summed E-state index contributed by atoms with van der Waals surface area (Å²) in [5, 5.41) is 15.3. The first-order valence-corrected chi connectivity index (χ1v) is 15.1. The molecule has 2 saturated heterocycles. The molecule has 2 amide bonds. The van der Waals surface area contributed by atoms with Gasteiger partial charge in [-0.1, -0.05) is 19.1 Å². The number of aliphatic hydroxyl groups excluding tert-OH is 1. The second kappa shape index (κ2) is 14.7. The Morgan fingerprint density at radius 3 is 2.56 bits per heavy atom. The number of nitrogens with zero attached hydrogens (tertiary/aromatic N) is 6. The molecule has 4 aromatic rings. The van der Waals surface area contributed by atoms with Crippen LogP contribution < -0.4 is 5.32 Å². The lowest BCUT2D eigenvalue weighted by atomic mass is 9.98. The predicted octanol–water partition coefficient (Wildman–Crippen LogP) is 4.72. The van der Waals surface area contributed by atoms with Gasteiger partial charge in [0.2, 0.25) is 0 Å². The topological polar surface area (TPSA) is 116 Å². The number of aliphatic hydroxyl groups is 1. The van der Waals surface area contributed by atoms with Crippen LogP contribution in [0.2, 0.25) is 0 Å². The third-order valence-corrected chi connectivity index (χ3v) is 8.88. The number of anilines is 1. The number of nitrogens with one attached hydrogen (secondary N) is 1. The minimum atomic E-state index is -0.745. The summed E-state index contributed by atoms with van der Waals surface area (Å²) in [6.45, 7) is 5.63. The highest BCUT2D eigenvalue weighted by atomic mass is 32.2. The zero-order valence-electron chi connectivity index (χ0n) is 23.5. The van der Waals surface area contributed by atoms with Crippen LogP contribution in [-0.2, 0) is 9.59 Å². The van der Waals surface area contributed by atoms with Gasteiger partial charge < -0.3 is 20.2 Å². The van der Waals surface area contributed by atoms with Gasteiger partial charge in [-0.3, -0.25) is 14.6 Å². The molecule has 10 nitrogen and oxygen atoms in total. The molecule has 13 heteroatoms. The van der Waals surface area contributed by atoms with E-state index in [0.29, 0.717) is 35.8 Å². The van der Waals surface area contributed by atoms with Crippen molar-refractivity contribution >= 4 is 62.3 Å². The van der Waals surface area contributed by atoms with Crippen molar-refractivity contribution in [3.63, 3.8) is 0 Å². The Balaban J connectivity index is 0.000000188. The van der Waals surface area contributed by atoms with E-state index in [1.807, 2.05) is 11.3 Å². The van der Waals surface area contributed by atoms with Gasteiger partial charge >= 0.3 is 11.8 Å². The molecule has 0 bridgehead atoms. The Morgan fingerprint density at radius 2 is 1.85 bits per heavy atom. The highest BCUT2D eigenvalue weighted by Crippen LogP contribution is 2.33. The summed E-state index contributed by atoms with van der Waals surface area (Å²) in [5.41, 5.74) is 1.80. The van der Waals surface area contributed by atoms with Crippen molar-refractivity contribution in [1.29, 1.82) is 0 Å². The zero-order chi connectivity index (χ0) is 29.4. The molecule has 2 aliphatic heterocycles. The molecule has 5 heterocycles. The number of para-hydroxylation sites is 1. The maximum absolute atomic E-state index is 12.9. The number of fused-ring (bicyclic) bond motifs is 2. The van der Waals surface area contributed by atoms with Gasteiger partial charge in [-0.05, 0) is 63.9 Å². The lowest BCUT2D eigenvalue weighted by Gasteiger charge is -2.30. The second-order valence-electron chi connectivity index (χ2n) is 10.3. The van der Waals surface area contributed by atoms with E-state index in [4.69, 9.17) is 10.1 Å². The van der Waals surface area contributed by atoms with Crippen LogP contribution in [0.1, 0.15) is 43.5 Å². The third kappa shape index (κ3) is 7.59. The van der Waals surface area contributed by atoms with Crippen molar-refractivity contribution in [2.24, 2.45) is 5.92 Å². The van der Waals surface area contributed by atoms with Crippen LogP contribution in [0, 0.1) is 5.92 Å². The Labute approximate surface area is 247 Å². The molecule has 41 heavy (non-hydrogen) atoms. The fourth-order valence-electron chi connectivity index (χ4n) is 5.11. The Bertz CT molecular complexity index is 1420. The van der Waals surface area contributed by atoms with Gasteiger partial charge in [0, 0.05) is 37.7 Å². The molecule has 3 aromatic heterocycles. The number of likely N-dealkylation sites (tertiary alicyclic amines) is 2. The molecule has 0 radical (unpaired) electrons. The molecule has 1 atom stereocenters. The number of halogens is 1. The first kappa shape index (κ1) is 30.8. The fraction of sp³-hybridized carbons (Fsp3) is 0.464. The van der Waals surface area contributed by atoms with E-state index in [0.717, 1.165) is 24.0 Å². The van der Waals surface area contributed by atoms with Crippen molar-refractivity contribution in [3.05, 3.63) is 47.9 Å². The maximum Gasteiger partial charge on any atom is 0.314 e. The van der Waals surface area contributed by atoms with Crippen LogP contribution in [0.4, 0.5) is 9.57 Å². The van der Waals surface area contributed by atoms with Gasteiger partial charge in [0.1, 0.15) is 5.52 Å². The summed E-state index contributed by atoms with van der Waals surface area (Å²) in [6.07, 6.45) is 8.80. The molecule has 0 saturated carbocycles. The van der Waals surface area contributed by atoms with Crippen molar-refractivity contribution in [2.45, 2.75) is 38.5 Å². The third-order valence-electron chi connectivity index (χ3n) is 7.27. The SMILES string of the molecule is CC1CCCN(C(=O)C(=O)Nc2cncc3cnn(SF)c23)C1.CN1CCC(c2nc3ccccc3s2)CC1.CO. The first-order chi connectivity index (χ1) is 19.9. The minimum absolute atomic E-state index is 0.0859. The first-order valence-electron chi connectivity index (χ1n) is 13.6. The number of hydrogen-bond acceptors (Lipinski definition) is 9. The van der Waals surface area contributed by atoms with E-state index in [1.165, 1.54) is 59.7 Å². The molecular formula is C28H36FN7O3S2. The quantitative estimate of drug-likeness (QED) is 0.324. The summed E-state index contributed by atoms with van der Waals surface area (Å²) in [6, 6.07) is 8.45. The zero-order valence-corrected chi connectivity index (χ0v) is 25.1. The van der Waals surface area contributed by atoms with Crippen molar-refractivity contribution in [3.8, 4) is 0 Å². The number of amides is 2. The highest BCUT2D eigenvalue weighted by Gasteiger charge is 2.27. The van der Waals surface area contributed by atoms with E-state index in [-0.39, 0.29) is 18.0 Å². The molecule has 2 aliphatic rings. The van der Waals surface area contributed by atoms with Gasteiger partial charge in [-0.15, -0.1) is 15.2 Å². The highest BCUT2D eigenvalue weighted by molar-refractivity contribution is 7.92. The number of carbonyl (C=O) groups is 2. The summed E-state index contributed by atoms with van der Waals surface area (Å²) in [5.74, 6) is -0.249. The number of rotatable bonds is 3. The van der Waals surface area contributed by atoms with Crippen molar-refractivity contribution < 1.29 is 18.6 Å². The van der Waals surface area contributed by atoms with Gasteiger partial charge in [0.25, 0.3) is 0 Å².